The summed E-state index contributed by atoms with van der Waals surface area (Å²) in [5.41, 5.74) is 0.774. The maximum atomic E-state index is 12.7. The monoisotopic (exact) mass is 318 g/mol. The van der Waals surface area contributed by atoms with Crippen LogP contribution in [0.25, 0.3) is 0 Å². The molecule has 1 aromatic carbocycles. The molecule has 0 aliphatic carbocycles. The summed E-state index contributed by atoms with van der Waals surface area (Å²) in [4.78, 5) is 11.6. The van der Waals surface area contributed by atoms with E-state index in [4.69, 9.17) is 9.47 Å². The predicted octanol–water partition coefficient (Wildman–Crippen LogP) is 4.66. The Morgan fingerprint density at radius 1 is 1.09 bits per heavy atom. The van der Waals surface area contributed by atoms with Crippen LogP contribution < -0.4 is 4.74 Å². The Labute approximate surface area is 128 Å². The largest absolute Gasteiger partial charge is 0.467 e. The molecule has 0 unspecified atom stereocenters. The molecule has 0 atom stereocenters. The normalized spacial score (nSPS) is 12.1. The van der Waals surface area contributed by atoms with Crippen molar-refractivity contribution in [2.24, 2.45) is 0 Å². The van der Waals surface area contributed by atoms with Crippen LogP contribution in [0.4, 0.5) is 13.2 Å². The lowest BCUT2D eigenvalue weighted by molar-refractivity contribution is -0.0885. The SMILES string of the molecule is COCOc1c(C(C)C)cc(C(=O)C(F)(F)F)cc1C(C)C. The van der Waals surface area contributed by atoms with Crippen LogP contribution >= 0.6 is 0 Å². The van der Waals surface area contributed by atoms with Crippen LogP contribution in [0.5, 0.6) is 5.75 Å². The molecule has 0 amide bonds. The Kier molecular flexibility index (Phi) is 6.00. The van der Waals surface area contributed by atoms with E-state index in [1.165, 1.54) is 19.2 Å². The molecular formula is C16H21F3O3. The van der Waals surface area contributed by atoms with Crippen molar-refractivity contribution in [1.82, 2.24) is 0 Å². The Morgan fingerprint density at radius 3 is 1.86 bits per heavy atom. The smallest absolute Gasteiger partial charge is 0.454 e. The maximum absolute atomic E-state index is 12.7. The van der Waals surface area contributed by atoms with Crippen LogP contribution in [0.3, 0.4) is 0 Å². The van der Waals surface area contributed by atoms with Gasteiger partial charge < -0.3 is 9.47 Å². The molecular weight excluding hydrogens is 297 g/mol. The van der Waals surface area contributed by atoms with Crippen molar-refractivity contribution in [1.29, 1.82) is 0 Å². The highest BCUT2D eigenvalue weighted by Gasteiger charge is 2.40. The number of alkyl halides is 3. The van der Waals surface area contributed by atoms with Crippen LogP contribution in [-0.4, -0.2) is 25.9 Å². The number of benzene rings is 1. The molecule has 0 aliphatic rings. The third-order valence-electron chi connectivity index (χ3n) is 3.23. The highest BCUT2D eigenvalue weighted by Crippen LogP contribution is 2.37. The second-order valence-electron chi connectivity index (χ2n) is 5.67. The van der Waals surface area contributed by atoms with E-state index in [1.807, 2.05) is 27.7 Å². The van der Waals surface area contributed by atoms with Crippen LogP contribution in [-0.2, 0) is 4.74 Å². The minimum atomic E-state index is -4.89. The summed E-state index contributed by atoms with van der Waals surface area (Å²) in [5.74, 6) is -1.53. The van der Waals surface area contributed by atoms with Gasteiger partial charge in [0.25, 0.3) is 5.78 Å². The summed E-state index contributed by atoms with van der Waals surface area (Å²) in [6.45, 7) is 7.33. The minimum absolute atomic E-state index is 0.00793. The first kappa shape index (κ1) is 18.5. The van der Waals surface area contributed by atoms with E-state index in [1.54, 1.807) is 0 Å². The fourth-order valence-corrected chi connectivity index (χ4v) is 2.11. The predicted molar refractivity (Wildman–Crippen MR) is 77.5 cm³/mol. The van der Waals surface area contributed by atoms with Crippen molar-refractivity contribution >= 4 is 5.78 Å². The summed E-state index contributed by atoms with van der Waals surface area (Å²) < 4.78 is 48.5. The Morgan fingerprint density at radius 2 is 1.55 bits per heavy atom. The summed E-state index contributed by atoms with van der Waals surface area (Å²) in [6.07, 6.45) is -4.89. The van der Waals surface area contributed by atoms with Gasteiger partial charge in [0.05, 0.1) is 0 Å². The number of rotatable bonds is 6. The molecule has 0 N–H and O–H groups in total. The lowest BCUT2D eigenvalue weighted by Gasteiger charge is -2.21. The number of ether oxygens (including phenoxy) is 2. The molecule has 6 heteroatoms. The van der Waals surface area contributed by atoms with Gasteiger partial charge in [-0.05, 0) is 35.1 Å². The van der Waals surface area contributed by atoms with Crippen molar-refractivity contribution in [2.45, 2.75) is 45.7 Å². The highest BCUT2D eigenvalue weighted by molar-refractivity contribution is 6.00. The van der Waals surface area contributed by atoms with Gasteiger partial charge in [0.15, 0.2) is 6.79 Å². The zero-order valence-corrected chi connectivity index (χ0v) is 13.4. The molecule has 124 valence electrons. The van der Waals surface area contributed by atoms with Gasteiger partial charge in [-0.25, -0.2) is 0 Å². The quantitative estimate of drug-likeness (QED) is 0.565. The molecule has 0 saturated carbocycles. The average Bonchev–Trinajstić information content (AvgIpc) is 2.42. The van der Waals surface area contributed by atoms with Crippen molar-refractivity contribution in [3.05, 3.63) is 28.8 Å². The van der Waals surface area contributed by atoms with E-state index in [-0.39, 0.29) is 24.2 Å². The Hall–Kier alpha value is -1.56. The van der Waals surface area contributed by atoms with Gasteiger partial charge in [-0.15, -0.1) is 0 Å². The molecule has 3 nitrogen and oxygen atoms in total. The fraction of sp³-hybridized carbons (Fsp3) is 0.562. The van der Waals surface area contributed by atoms with Crippen LogP contribution in [0.2, 0.25) is 0 Å². The van der Waals surface area contributed by atoms with E-state index >= 15 is 0 Å². The highest BCUT2D eigenvalue weighted by atomic mass is 19.4. The number of hydrogen-bond donors (Lipinski definition) is 0. The number of halogens is 3. The molecule has 0 aliphatic heterocycles. The number of Topliss-reactive ketones (excluding diaryl/α,β-unsaturated/α-hetero) is 1. The molecule has 0 heterocycles. The second kappa shape index (κ2) is 7.13. The Bertz CT molecular complexity index is 505. The molecule has 0 aromatic heterocycles. The lowest BCUT2D eigenvalue weighted by atomic mass is 9.90. The molecule has 22 heavy (non-hydrogen) atoms. The van der Waals surface area contributed by atoms with Crippen LogP contribution in [0.15, 0.2) is 12.1 Å². The molecule has 0 radical (unpaired) electrons. The summed E-state index contributed by atoms with van der Waals surface area (Å²) >= 11 is 0. The first-order chi connectivity index (χ1) is 10.1. The fourth-order valence-electron chi connectivity index (χ4n) is 2.11. The van der Waals surface area contributed by atoms with Gasteiger partial charge in [-0.2, -0.15) is 13.2 Å². The number of carbonyl (C=O) groups excluding carboxylic acids is 1. The third kappa shape index (κ3) is 4.22. The second-order valence-corrected chi connectivity index (χ2v) is 5.67. The van der Waals surface area contributed by atoms with Crippen LogP contribution in [0, 0.1) is 0 Å². The van der Waals surface area contributed by atoms with Crippen molar-refractivity contribution < 1.29 is 27.4 Å². The van der Waals surface area contributed by atoms with Crippen molar-refractivity contribution in [3.8, 4) is 5.75 Å². The van der Waals surface area contributed by atoms with Gasteiger partial charge in [0.2, 0.25) is 0 Å². The van der Waals surface area contributed by atoms with E-state index < -0.39 is 12.0 Å². The molecule has 0 spiro atoms. The standard InChI is InChI=1S/C16H21F3O3/c1-9(2)12-6-11(15(20)16(17,18)19)7-13(10(3)4)14(12)22-8-21-5/h6-7,9-10H,8H2,1-5H3. The maximum Gasteiger partial charge on any atom is 0.454 e. The molecule has 0 bridgehead atoms. The number of hydrogen-bond acceptors (Lipinski definition) is 3. The van der Waals surface area contributed by atoms with E-state index in [0.717, 1.165) is 0 Å². The van der Waals surface area contributed by atoms with Crippen molar-refractivity contribution in [3.63, 3.8) is 0 Å². The minimum Gasteiger partial charge on any atom is -0.467 e. The Balaban J connectivity index is 3.50. The average molecular weight is 318 g/mol. The summed E-state index contributed by atoms with van der Waals surface area (Å²) in [6, 6.07) is 2.52. The lowest BCUT2D eigenvalue weighted by Crippen LogP contribution is -2.23. The molecule has 0 saturated heterocycles. The van der Waals surface area contributed by atoms with E-state index in [0.29, 0.717) is 16.9 Å². The zero-order chi connectivity index (χ0) is 17.1. The molecule has 1 rings (SSSR count). The molecule has 1 aromatic rings. The van der Waals surface area contributed by atoms with E-state index in [2.05, 4.69) is 0 Å². The number of ketones is 1. The summed E-state index contributed by atoms with van der Waals surface area (Å²) in [5, 5.41) is 0. The van der Waals surface area contributed by atoms with Gasteiger partial charge in [-0.3, -0.25) is 4.79 Å². The summed E-state index contributed by atoms with van der Waals surface area (Å²) in [7, 11) is 1.46. The van der Waals surface area contributed by atoms with Gasteiger partial charge in [-0.1, -0.05) is 27.7 Å². The van der Waals surface area contributed by atoms with Gasteiger partial charge >= 0.3 is 6.18 Å². The van der Waals surface area contributed by atoms with Crippen LogP contribution in [0.1, 0.15) is 61.0 Å². The first-order valence-electron chi connectivity index (χ1n) is 7.00. The van der Waals surface area contributed by atoms with Gasteiger partial charge in [0, 0.05) is 12.7 Å². The topological polar surface area (TPSA) is 35.5 Å². The third-order valence-corrected chi connectivity index (χ3v) is 3.23. The number of carbonyl (C=O) groups is 1. The number of methoxy groups -OCH3 is 1. The van der Waals surface area contributed by atoms with Crippen molar-refractivity contribution in [2.75, 3.05) is 13.9 Å². The first-order valence-corrected chi connectivity index (χ1v) is 7.00. The van der Waals surface area contributed by atoms with E-state index in [9.17, 15) is 18.0 Å². The molecule has 0 fully saturated rings. The van der Waals surface area contributed by atoms with Gasteiger partial charge in [0.1, 0.15) is 5.75 Å². The zero-order valence-electron chi connectivity index (χ0n) is 13.4.